The Hall–Kier alpha value is -0.610. The maximum Gasteiger partial charge on any atom is 0.0721 e. The zero-order valence-corrected chi connectivity index (χ0v) is 20.1. The highest BCUT2D eigenvalue weighted by Gasteiger charge is 2.23. The van der Waals surface area contributed by atoms with Crippen LogP contribution in [0.5, 0.6) is 0 Å². The third-order valence-electron chi connectivity index (χ3n) is 6.23. The lowest BCUT2D eigenvalue weighted by molar-refractivity contribution is 0.0512. The molecule has 1 aromatic rings. The summed E-state index contributed by atoms with van der Waals surface area (Å²) in [7, 11) is 0. The second-order valence-corrected chi connectivity index (χ2v) is 8.91. The lowest BCUT2D eigenvalue weighted by Crippen LogP contribution is -2.24. The molecule has 0 spiro atoms. The number of unbranched alkanes of at least 4 members (excludes halogenated alkanes) is 11. The number of aryl methyl sites for hydroxylation is 1. The molecule has 0 amide bonds. The molecule has 0 aromatic heterocycles. The summed E-state index contributed by atoms with van der Waals surface area (Å²) in [6, 6.07) is 9.16. The maximum atomic E-state index is 9.17. The van der Waals surface area contributed by atoms with Crippen molar-refractivity contribution in [3.63, 3.8) is 0 Å². The lowest BCUT2D eigenvalue weighted by Gasteiger charge is -2.11. The van der Waals surface area contributed by atoms with Crippen molar-refractivity contribution in [1.82, 2.24) is 5.32 Å². The average molecular weight is 440 g/mol. The van der Waals surface area contributed by atoms with E-state index in [1.165, 1.54) is 94.6 Å². The van der Waals surface area contributed by atoms with E-state index in [4.69, 9.17) is 9.84 Å². The van der Waals surface area contributed by atoms with E-state index in [1.807, 2.05) is 0 Å². The van der Waals surface area contributed by atoms with Gasteiger partial charge in [0.25, 0.3) is 0 Å². The van der Waals surface area contributed by atoms with Crippen molar-refractivity contribution >= 4 is 12.4 Å². The SMILES string of the molecule is CCCCCCCCCCCCCCc1ccc(CO[C@@H]2CN[C@@H](CO)C2)cc1.Cl. The Morgan fingerprint density at radius 2 is 1.37 bits per heavy atom. The smallest absolute Gasteiger partial charge is 0.0721 e. The van der Waals surface area contributed by atoms with Crippen molar-refractivity contribution in [2.24, 2.45) is 0 Å². The van der Waals surface area contributed by atoms with E-state index in [9.17, 15) is 0 Å². The predicted molar refractivity (Wildman–Crippen MR) is 131 cm³/mol. The normalized spacial score (nSPS) is 18.5. The van der Waals surface area contributed by atoms with Crippen molar-refractivity contribution in [2.45, 2.75) is 116 Å². The molecule has 2 N–H and O–H groups in total. The van der Waals surface area contributed by atoms with Crippen LogP contribution in [-0.2, 0) is 17.8 Å². The van der Waals surface area contributed by atoms with Gasteiger partial charge in [-0.3, -0.25) is 0 Å². The topological polar surface area (TPSA) is 41.5 Å². The number of ether oxygens (including phenoxy) is 1. The highest BCUT2D eigenvalue weighted by atomic mass is 35.5. The van der Waals surface area contributed by atoms with Crippen LogP contribution in [0.2, 0.25) is 0 Å². The van der Waals surface area contributed by atoms with Gasteiger partial charge in [0.1, 0.15) is 0 Å². The molecule has 1 aliphatic heterocycles. The van der Waals surface area contributed by atoms with Gasteiger partial charge in [-0.1, -0.05) is 102 Å². The molecule has 1 aliphatic rings. The van der Waals surface area contributed by atoms with E-state index in [0.29, 0.717) is 6.61 Å². The van der Waals surface area contributed by atoms with Crippen LogP contribution in [0.4, 0.5) is 0 Å². The van der Waals surface area contributed by atoms with Crippen LogP contribution < -0.4 is 5.32 Å². The fourth-order valence-electron chi connectivity index (χ4n) is 4.23. The van der Waals surface area contributed by atoms with Crippen molar-refractivity contribution in [1.29, 1.82) is 0 Å². The fourth-order valence-corrected chi connectivity index (χ4v) is 4.23. The van der Waals surface area contributed by atoms with Crippen LogP contribution in [-0.4, -0.2) is 30.4 Å². The van der Waals surface area contributed by atoms with Gasteiger partial charge in [-0.15, -0.1) is 12.4 Å². The first-order valence-corrected chi connectivity index (χ1v) is 12.4. The number of hydrogen-bond acceptors (Lipinski definition) is 3. The largest absolute Gasteiger partial charge is 0.395 e. The number of benzene rings is 1. The minimum absolute atomic E-state index is 0. The second-order valence-electron chi connectivity index (χ2n) is 8.91. The van der Waals surface area contributed by atoms with E-state index >= 15 is 0 Å². The quantitative estimate of drug-likeness (QED) is 0.269. The van der Waals surface area contributed by atoms with E-state index in [2.05, 4.69) is 36.5 Å². The third kappa shape index (κ3) is 12.3. The first-order chi connectivity index (χ1) is 14.3. The minimum Gasteiger partial charge on any atom is -0.395 e. The summed E-state index contributed by atoms with van der Waals surface area (Å²) in [5, 5.41) is 12.5. The Balaban J connectivity index is 0.00000450. The third-order valence-corrected chi connectivity index (χ3v) is 6.23. The van der Waals surface area contributed by atoms with Crippen LogP contribution in [0.1, 0.15) is 102 Å². The molecule has 0 aliphatic carbocycles. The molecule has 3 nitrogen and oxygen atoms in total. The molecule has 2 atom stereocenters. The molecule has 0 unspecified atom stereocenters. The zero-order chi connectivity index (χ0) is 20.6. The summed E-state index contributed by atoms with van der Waals surface area (Å²) < 4.78 is 5.97. The number of halogens is 1. The Labute approximate surface area is 191 Å². The first-order valence-electron chi connectivity index (χ1n) is 12.4. The number of aliphatic hydroxyl groups is 1. The molecule has 30 heavy (non-hydrogen) atoms. The molecule has 1 heterocycles. The number of aliphatic hydroxyl groups excluding tert-OH is 1. The van der Waals surface area contributed by atoms with Crippen LogP contribution >= 0.6 is 12.4 Å². The van der Waals surface area contributed by atoms with Crippen LogP contribution in [0.3, 0.4) is 0 Å². The minimum atomic E-state index is 0. The van der Waals surface area contributed by atoms with Crippen molar-refractivity contribution in [3.05, 3.63) is 35.4 Å². The Morgan fingerprint density at radius 3 is 1.90 bits per heavy atom. The summed E-state index contributed by atoms with van der Waals surface area (Å²) in [4.78, 5) is 0. The predicted octanol–water partition coefficient (Wildman–Crippen LogP) is 6.59. The van der Waals surface area contributed by atoms with E-state index in [1.54, 1.807) is 0 Å². The maximum absolute atomic E-state index is 9.17. The molecule has 1 fully saturated rings. The van der Waals surface area contributed by atoms with Crippen LogP contribution in [0.25, 0.3) is 0 Å². The summed E-state index contributed by atoms with van der Waals surface area (Å²) in [5.41, 5.74) is 2.69. The lowest BCUT2D eigenvalue weighted by atomic mass is 10.0. The second kappa shape index (κ2) is 18.0. The van der Waals surface area contributed by atoms with Gasteiger partial charge < -0.3 is 15.2 Å². The Kier molecular flexibility index (Phi) is 16.5. The summed E-state index contributed by atoms with van der Waals surface area (Å²) in [6.45, 7) is 4.01. The first kappa shape index (κ1) is 27.4. The molecule has 0 radical (unpaired) electrons. The molecule has 1 saturated heterocycles. The molecule has 0 bridgehead atoms. The van der Waals surface area contributed by atoms with Gasteiger partial charge in [0.2, 0.25) is 0 Å². The van der Waals surface area contributed by atoms with Gasteiger partial charge in [-0.05, 0) is 30.4 Å². The van der Waals surface area contributed by atoms with Crippen molar-refractivity contribution in [2.75, 3.05) is 13.2 Å². The number of nitrogens with one attached hydrogen (secondary N) is 1. The van der Waals surface area contributed by atoms with Crippen molar-refractivity contribution in [3.8, 4) is 0 Å². The highest BCUT2D eigenvalue weighted by molar-refractivity contribution is 5.85. The van der Waals surface area contributed by atoms with Crippen molar-refractivity contribution < 1.29 is 9.84 Å². The van der Waals surface area contributed by atoms with Gasteiger partial charge in [0.05, 0.1) is 19.3 Å². The molecule has 1 aromatic carbocycles. The Morgan fingerprint density at radius 1 is 0.833 bits per heavy atom. The standard InChI is InChI=1S/C26H45NO2.ClH/c1-2-3-4-5-6-7-8-9-10-11-12-13-14-23-15-17-24(18-16-23)22-29-26-19-25(21-28)27-20-26;/h15-18,25-28H,2-14,19-22H2,1H3;1H/t25-,26+;/m1./s1. The van der Waals surface area contributed by atoms with Gasteiger partial charge >= 0.3 is 0 Å². The molecule has 2 rings (SSSR count). The van der Waals surface area contributed by atoms with Gasteiger partial charge in [-0.2, -0.15) is 0 Å². The molecule has 174 valence electrons. The summed E-state index contributed by atoms with van der Waals surface area (Å²) in [5.74, 6) is 0. The molecular formula is C26H46ClNO2. The van der Waals surface area contributed by atoms with E-state index in [-0.39, 0.29) is 31.2 Å². The highest BCUT2D eigenvalue weighted by Crippen LogP contribution is 2.16. The van der Waals surface area contributed by atoms with E-state index in [0.717, 1.165) is 13.0 Å². The summed E-state index contributed by atoms with van der Waals surface area (Å²) in [6.07, 6.45) is 19.2. The van der Waals surface area contributed by atoms with E-state index < -0.39 is 0 Å². The number of hydrogen-bond donors (Lipinski definition) is 2. The molecular weight excluding hydrogens is 394 g/mol. The van der Waals surface area contributed by atoms with Gasteiger partial charge in [-0.25, -0.2) is 0 Å². The monoisotopic (exact) mass is 439 g/mol. The van der Waals surface area contributed by atoms with Gasteiger partial charge in [0, 0.05) is 12.6 Å². The number of rotatable bonds is 17. The fraction of sp³-hybridized carbons (Fsp3) is 0.769. The molecule has 4 heteroatoms. The summed E-state index contributed by atoms with van der Waals surface area (Å²) >= 11 is 0. The zero-order valence-electron chi connectivity index (χ0n) is 19.2. The molecule has 0 saturated carbocycles. The van der Waals surface area contributed by atoms with Crippen LogP contribution in [0, 0.1) is 0 Å². The van der Waals surface area contributed by atoms with Crippen LogP contribution in [0.15, 0.2) is 24.3 Å². The average Bonchev–Trinajstić information content (AvgIpc) is 3.22. The Bertz CT molecular complexity index is 508. The van der Waals surface area contributed by atoms with Gasteiger partial charge in [0.15, 0.2) is 0 Å².